The van der Waals surface area contributed by atoms with Crippen molar-refractivity contribution in [2.75, 3.05) is 12.3 Å². The van der Waals surface area contributed by atoms with E-state index in [1.165, 1.54) is 18.2 Å². The van der Waals surface area contributed by atoms with Gasteiger partial charge in [-0.3, -0.25) is 14.9 Å². The van der Waals surface area contributed by atoms with Gasteiger partial charge >= 0.3 is 0 Å². The summed E-state index contributed by atoms with van der Waals surface area (Å²) < 4.78 is 5.53. The number of nitrogen functional groups attached to an aromatic ring is 1. The predicted molar refractivity (Wildman–Crippen MR) is 84.4 cm³/mol. The molecular weight excluding hydrogens is 298 g/mol. The molecule has 2 aromatic rings. The highest BCUT2D eigenvalue weighted by molar-refractivity contribution is 6.03. The number of ether oxygens (including phenoxy) is 1. The van der Waals surface area contributed by atoms with Crippen LogP contribution < -0.4 is 15.8 Å². The number of fused-ring (bicyclic) bond motifs is 1. The summed E-state index contributed by atoms with van der Waals surface area (Å²) in [6, 6.07) is 9.49. The van der Waals surface area contributed by atoms with E-state index < -0.39 is 10.8 Å². The predicted octanol–water partition coefficient (Wildman–Crippen LogP) is 2.35. The maximum absolute atomic E-state index is 12.5. The molecule has 2 aromatic carbocycles. The average Bonchev–Trinajstić information content (AvgIpc) is 2.89. The Labute approximate surface area is 132 Å². The molecule has 1 atom stereocenters. The summed E-state index contributed by atoms with van der Waals surface area (Å²) in [5.41, 5.74) is 7.28. The van der Waals surface area contributed by atoms with E-state index in [1.807, 2.05) is 25.1 Å². The summed E-state index contributed by atoms with van der Waals surface area (Å²) >= 11 is 0. The van der Waals surface area contributed by atoms with E-state index in [2.05, 4.69) is 5.32 Å². The molecule has 1 heterocycles. The van der Waals surface area contributed by atoms with Gasteiger partial charge in [-0.2, -0.15) is 0 Å². The maximum atomic E-state index is 12.5. The van der Waals surface area contributed by atoms with Gasteiger partial charge in [0.1, 0.15) is 17.9 Å². The Bertz CT molecular complexity index is 804. The van der Waals surface area contributed by atoms with Gasteiger partial charge in [0.2, 0.25) is 0 Å². The van der Waals surface area contributed by atoms with E-state index in [1.54, 1.807) is 0 Å². The third-order valence-corrected chi connectivity index (χ3v) is 3.75. The topological polar surface area (TPSA) is 107 Å². The fraction of sp³-hybridized carbons (Fsp3) is 0.188. The second kappa shape index (κ2) is 5.60. The van der Waals surface area contributed by atoms with Gasteiger partial charge in [-0.1, -0.05) is 23.8 Å². The highest BCUT2D eigenvalue weighted by Gasteiger charge is 2.29. The standard InChI is InChI=1S/C16H15N3O4/c1-9-5-6-14-10(7-9)12(8-23-14)18-16(20)15-11(17)3-2-4-13(15)19(21)22/h2-7,12H,8,17H2,1H3,(H,18,20)/t12-/m0/s1. The number of hydrogen-bond donors (Lipinski definition) is 2. The molecule has 0 saturated carbocycles. The van der Waals surface area contributed by atoms with E-state index in [0.29, 0.717) is 5.75 Å². The lowest BCUT2D eigenvalue weighted by atomic mass is 10.0. The van der Waals surface area contributed by atoms with Crippen molar-refractivity contribution in [3.05, 3.63) is 63.2 Å². The number of nitrogens with zero attached hydrogens (tertiary/aromatic N) is 1. The minimum atomic E-state index is -0.617. The molecular formula is C16H15N3O4. The van der Waals surface area contributed by atoms with E-state index in [0.717, 1.165) is 11.1 Å². The Morgan fingerprint density at radius 2 is 2.17 bits per heavy atom. The number of anilines is 1. The molecule has 3 rings (SSSR count). The maximum Gasteiger partial charge on any atom is 0.284 e. The number of aryl methyl sites for hydroxylation is 1. The van der Waals surface area contributed by atoms with Gasteiger partial charge in [0.05, 0.1) is 16.7 Å². The first-order valence-electron chi connectivity index (χ1n) is 7.04. The van der Waals surface area contributed by atoms with Gasteiger partial charge in [0.25, 0.3) is 11.6 Å². The van der Waals surface area contributed by atoms with E-state index >= 15 is 0 Å². The van der Waals surface area contributed by atoms with Crippen LogP contribution in [0.5, 0.6) is 5.75 Å². The van der Waals surface area contributed by atoms with Crippen LogP contribution in [0.4, 0.5) is 11.4 Å². The molecule has 0 bridgehead atoms. The number of nitrogens with two attached hydrogens (primary N) is 1. The van der Waals surface area contributed by atoms with Crippen molar-refractivity contribution in [3.8, 4) is 5.75 Å². The monoisotopic (exact) mass is 313 g/mol. The molecule has 0 unspecified atom stereocenters. The van der Waals surface area contributed by atoms with Crippen LogP contribution in [0.25, 0.3) is 0 Å². The Balaban J connectivity index is 1.90. The van der Waals surface area contributed by atoms with Gasteiger partial charge in [-0.15, -0.1) is 0 Å². The molecule has 1 aliphatic heterocycles. The number of hydrogen-bond acceptors (Lipinski definition) is 5. The number of nitrogens with one attached hydrogen (secondary N) is 1. The fourth-order valence-electron chi connectivity index (χ4n) is 2.64. The minimum absolute atomic E-state index is 0.0695. The van der Waals surface area contributed by atoms with Crippen LogP contribution in [-0.2, 0) is 0 Å². The first-order valence-corrected chi connectivity index (χ1v) is 7.04. The normalized spacial score (nSPS) is 15.6. The van der Waals surface area contributed by atoms with E-state index in [4.69, 9.17) is 10.5 Å². The molecule has 1 amide bonds. The molecule has 0 fully saturated rings. The molecule has 7 nitrogen and oxygen atoms in total. The molecule has 0 saturated heterocycles. The minimum Gasteiger partial charge on any atom is -0.491 e. The second-order valence-corrected chi connectivity index (χ2v) is 5.38. The van der Waals surface area contributed by atoms with Crippen LogP contribution >= 0.6 is 0 Å². The largest absolute Gasteiger partial charge is 0.491 e. The smallest absolute Gasteiger partial charge is 0.284 e. The molecule has 23 heavy (non-hydrogen) atoms. The Kier molecular flexibility index (Phi) is 3.61. The summed E-state index contributed by atoms with van der Waals surface area (Å²) in [4.78, 5) is 23.0. The van der Waals surface area contributed by atoms with Crippen molar-refractivity contribution in [2.45, 2.75) is 13.0 Å². The quantitative estimate of drug-likeness (QED) is 0.514. The molecule has 1 aliphatic rings. The number of rotatable bonds is 3. The first kappa shape index (κ1) is 14.8. The highest BCUT2D eigenvalue weighted by Crippen LogP contribution is 2.33. The number of carbonyl (C=O) groups excluding carboxylic acids is 1. The second-order valence-electron chi connectivity index (χ2n) is 5.38. The zero-order valence-corrected chi connectivity index (χ0v) is 12.4. The Morgan fingerprint density at radius 1 is 1.39 bits per heavy atom. The van der Waals surface area contributed by atoms with Crippen molar-refractivity contribution >= 4 is 17.3 Å². The van der Waals surface area contributed by atoms with Gasteiger partial charge < -0.3 is 15.8 Å². The van der Waals surface area contributed by atoms with Crippen molar-refractivity contribution in [1.82, 2.24) is 5.32 Å². The van der Waals surface area contributed by atoms with Crippen LogP contribution in [0.15, 0.2) is 36.4 Å². The van der Waals surface area contributed by atoms with Gasteiger partial charge in [0, 0.05) is 11.6 Å². The van der Waals surface area contributed by atoms with Crippen molar-refractivity contribution in [1.29, 1.82) is 0 Å². The third kappa shape index (κ3) is 2.68. The number of nitro benzene ring substituents is 1. The lowest BCUT2D eigenvalue weighted by Crippen LogP contribution is -2.30. The van der Waals surface area contributed by atoms with Crippen molar-refractivity contribution in [2.24, 2.45) is 0 Å². The van der Waals surface area contributed by atoms with Gasteiger partial charge in [-0.05, 0) is 19.1 Å². The molecule has 0 aliphatic carbocycles. The third-order valence-electron chi connectivity index (χ3n) is 3.75. The highest BCUT2D eigenvalue weighted by atomic mass is 16.6. The zero-order valence-electron chi connectivity index (χ0n) is 12.4. The van der Waals surface area contributed by atoms with E-state index in [9.17, 15) is 14.9 Å². The molecule has 0 radical (unpaired) electrons. The number of benzene rings is 2. The van der Waals surface area contributed by atoms with Crippen LogP contribution in [0.2, 0.25) is 0 Å². The lowest BCUT2D eigenvalue weighted by molar-refractivity contribution is -0.385. The van der Waals surface area contributed by atoms with Crippen LogP contribution in [-0.4, -0.2) is 17.4 Å². The summed E-state index contributed by atoms with van der Waals surface area (Å²) in [6.45, 7) is 2.22. The molecule has 3 N–H and O–H groups in total. The van der Waals surface area contributed by atoms with Crippen LogP contribution in [0.1, 0.15) is 27.5 Å². The van der Waals surface area contributed by atoms with Crippen LogP contribution in [0, 0.1) is 17.0 Å². The molecule has 0 aromatic heterocycles. The van der Waals surface area contributed by atoms with Crippen molar-refractivity contribution in [3.63, 3.8) is 0 Å². The molecule has 0 spiro atoms. The van der Waals surface area contributed by atoms with Crippen molar-refractivity contribution < 1.29 is 14.5 Å². The Morgan fingerprint density at radius 3 is 2.91 bits per heavy atom. The molecule has 7 heteroatoms. The summed E-state index contributed by atoms with van der Waals surface area (Å²) in [5, 5.41) is 13.9. The fourth-order valence-corrected chi connectivity index (χ4v) is 2.64. The summed E-state index contributed by atoms with van der Waals surface area (Å²) in [5.74, 6) is 0.120. The average molecular weight is 313 g/mol. The SMILES string of the molecule is Cc1ccc2c(c1)[C@@H](NC(=O)c1c(N)cccc1[N+](=O)[O-])CO2. The Hall–Kier alpha value is -3.09. The first-order chi connectivity index (χ1) is 11.0. The van der Waals surface area contributed by atoms with E-state index in [-0.39, 0.29) is 29.6 Å². The number of carbonyl (C=O) groups is 1. The van der Waals surface area contributed by atoms with Gasteiger partial charge in [-0.25, -0.2) is 0 Å². The van der Waals surface area contributed by atoms with Crippen LogP contribution in [0.3, 0.4) is 0 Å². The number of nitro groups is 1. The summed E-state index contributed by atoms with van der Waals surface area (Å²) in [7, 11) is 0. The zero-order chi connectivity index (χ0) is 16.6. The number of amides is 1. The van der Waals surface area contributed by atoms with Gasteiger partial charge in [0.15, 0.2) is 0 Å². The lowest BCUT2D eigenvalue weighted by Gasteiger charge is -2.13. The summed E-state index contributed by atoms with van der Waals surface area (Å²) in [6.07, 6.45) is 0. The molecule has 118 valence electrons.